The van der Waals surface area contributed by atoms with Crippen molar-refractivity contribution in [1.29, 1.82) is 0 Å². The number of anilines is 2. The largest absolute Gasteiger partial charge is 0.356 e. The molecule has 6 heterocycles. The maximum atomic E-state index is 4.66. The summed E-state index contributed by atoms with van der Waals surface area (Å²) < 4.78 is 0. The highest BCUT2D eigenvalue weighted by molar-refractivity contribution is 9.09. The molecule has 4 aromatic heterocycles. The molecule has 2 aromatic carbocycles. The average molecular weight is 763 g/mol. The normalized spacial score (nSPS) is 18.4. The first-order chi connectivity index (χ1) is 22.2. The summed E-state index contributed by atoms with van der Waals surface area (Å²) in [7, 11) is 0. The van der Waals surface area contributed by atoms with Gasteiger partial charge in [0.2, 0.25) is 0 Å². The lowest BCUT2D eigenvalue weighted by Gasteiger charge is -2.33. The van der Waals surface area contributed by atoms with Crippen LogP contribution in [0.15, 0.2) is 84.1 Å². The van der Waals surface area contributed by atoms with E-state index in [2.05, 4.69) is 133 Å². The van der Waals surface area contributed by atoms with Gasteiger partial charge in [-0.25, -0.2) is 19.9 Å². The molecule has 2 atom stereocenters. The standard InChI is InChI=1S/C18H18BrN3S.C17H16BrN3S/c19-9-13-5-4-8-22(10-13)17-16-15(14-6-2-1-3-7-14)11-23-18(16)21-12-20-17;18-8-12-6-7-21(9-12)16-15-14(13-4-2-1-3-5-13)10-22-17(15)20-11-19-16/h1-3,6-7,11-13H,4-5,8-10H2;1-5,10-12H,6-9H2. The molecule has 0 spiro atoms. The Morgan fingerprint density at radius 1 is 0.622 bits per heavy atom. The van der Waals surface area contributed by atoms with Crippen LogP contribution in [0.3, 0.4) is 0 Å². The third-order valence-electron chi connectivity index (χ3n) is 8.71. The lowest BCUT2D eigenvalue weighted by atomic mass is 9.99. The number of fused-ring (bicyclic) bond motifs is 2. The summed E-state index contributed by atoms with van der Waals surface area (Å²) in [5.74, 6) is 3.60. The van der Waals surface area contributed by atoms with Crippen LogP contribution in [0.5, 0.6) is 0 Å². The minimum atomic E-state index is 0.701. The molecule has 2 unspecified atom stereocenters. The Labute approximate surface area is 288 Å². The molecule has 0 radical (unpaired) electrons. The molecule has 2 fully saturated rings. The Hall–Kier alpha value is -2.92. The second kappa shape index (κ2) is 14.2. The number of halogens is 2. The summed E-state index contributed by atoms with van der Waals surface area (Å²) in [6.45, 7) is 4.30. The summed E-state index contributed by atoms with van der Waals surface area (Å²) in [6, 6.07) is 21.1. The number of nitrogens with zero attached hydrogens (tertiary/aromatic N) is 6. The van der Waals surface area contributed by atoms with Gasteiger partial charge in [0.15, 0.2) is 0 Å². The van der Waals surface area contributed by atoms with Gasteiger partial charge in [0, 0.05) is 58.7 Å². The molecule has 6 aromatic rings. The fourth-order valence-corrected chi connectivity index (χ4v) is 9.27. The second-order valence-corrected chi connectivity index (χ2v) is 14.7. The molecule has 230 valence electrons. The van der Waals surface area contributed by atoms with Crippen molar-refractivity contribution in [3.63, 3.8) is 0 Å². The van der Waals surface area contributed by atoms with E-state index in [-0.39, 0.29) is 0 Å². The van der Waals surface area contributed by atoms with Crippen LogP contribution in [0, 0.1) is 11.8 Å². The Morgan fingerprint density at radius 3 is 1.60 bits per heavy atom. The monoisotopic (exact) mass is 760 g/mol. The minimum Gasteiger partial charge on any atom is -0.356 e. The van der Waals surface area contributed by atoms with Gasteiger partial charge in [-0.1, -0.05) is 92.5 Å². The molecule has 2 aliphatic heterocycles. The van der Waals surface area contributed by atoms with Crippen molar-refractivity contribution in [1.82, 2.24) is 19.9 Å². The Bertz CT molecular complexity index is 1860. The highest BCUT2D eigenvalue weighted by Gasteiger charge is 2.26. The smallest absolute Gasteiger partial charge is 0.141 e. The molecular weight excluding hydrogens is 728 g/mol. The summed E-state index contributed by atoms with van der Waals surface area (Å²) in [4.78, 5) is 25.3. The van der Waals surface area contributed by atoms with E-state index in [1.807, 2.05) is 0 Å². The number of piperidine rings is 1. The van der Waals surface area contributed by atoms with Crippen LogP contribution in [0.1, 0.15) is 19.3 Å². The highest BCUT2D eigenvalue weighted by Crippen LogP contribution is 2.40. The molecule has 0 amide bonds. The molecule has 45 heavy (non-hydrogen) atoms. The zero-order valence-corrected chi connectivity index (χ0v) is 29.7. The predicted octanol–water partition coefficient (Wildman–Crippen LogP) is 9.55. The SMILES string of the molecule is BrCC1CCCN(c2ncnc3scc(-c4ccccc4)c23)C1.BrCC1CCN(c2ncnc3scc(-c4ccccc4)c23)C1. The number of thiophene rings is 2. The van der Waals surface area contributed by atoms with E-state index in [1.54, 1.807) is 35.3 Å². The van der Waals surface area contributed by atoms with Gasteiger partial charge in [-0.15, -0.1) is 22.7 Å². The van der Waals surface area contributed by atoms with Crippen molar-refractivity contribution in [3.8, 4) is 22.3 Å². The number of hydrogen-bond donors (Lipinski definition) is 0. The molecular formula is C35H34Br2N6S2. The summed E-state index contributed by atoms with van der Waals surface area (Å²) >= 11 is 10.7. The van der Waals surface area contributed by atoms with Gasteiger partial charge in [0.1, 0.15) is 34.0 Å². The summed E-state index contributed by atoms with van der Waals surface area (Å²) in [5, 5.41) is 8.95. The first-order valence-electron chi connectivity index (χ1n) is 15.4. The second-order valence-electron chi connectivity index (χ2n) is 11.6. The minimum absolute atomic E-state index is 0.701. The van der Waals surface area contributed by atoms with Crippen molar-refractivity contribution >= 4 is 86.6 Å². The average Bonchev–Trinajstić information content (AvgIpc) is 3.88. The van der Waals surface area contributed by atoms with E-state index in [0.29, 0.717) is 11.8 Å². The molecule has 0 N–H and O–H groups in total. The van der Waals surface area contributed by atoms with Crippen LogP contribution in [0.25, 0.3) is 42.7 Å². The Kier molecular flexibility index (Phi) is 9.72. The Morgan fingerprint density at radius 2 is 1.11 bits per heavy atom. The molecule has 8 rings (SSSR count). The van der Waals surface area contributed by atoms with Gasteiger partial charge in [-0.05, 0) is 42.2 Å². The third-order valence-corrected chi connectivity index (χ3v) is 12.3. The lowest BCUT2D eigenvalue weighted by Crippen LogP contribution is -2.36. The van der Waals surface area contributed by atoms with Crippen molar-refractivity contribution in [2.45, 2.75) is 19.3 Å². The highest BCUT2D eigenvalue weighted by atomic mass is 79.9. The van der Waals surface area contributed by atoms with E-state index < -0.39 is 0 Å². The van der Waals surface area contributed by atoms with Gasteiger partial charge >= 0.3 is 0 Å². The van der Waals surface area contributed by atoms with Crippen molar-refractivity contribution in [3.05, 3.63) is 84.1 Å². The maximum absolute atomic E-state index is 4.66. The zero-order valence-electron chi connectivity index (χ0n) is 24.9. The van der Waals surface area contributed by atoms with E-state index in [1.165, 1.54) is 52.3 Å². The van der Waals surface area contributed by atoms with Crippen LogP contribution < -0.4 is 9.80 Å². The fourth-order valence-electron chi connectivity index (χ4n) is 6.39. The molecule has 0 bridgehead atoms. The number of hydrogen-bond acceptors (Lipinski definition) is 8. The van der Waals surface area contributed by atoms with Gasteiger partial charge < -0.3 is 9.80 Å². The molecule has 2 saturated heterocycles. The van der Waals surface area contributed by atoms with Crippen LogP contribution in [0.4, 0.5) is 11.6 Å². The number of benzene rings is 2. The van der Waals surface area contributed by atoms with E-state index >= 15 is 0 Å². The van der Waals surface area contributed by atoms with Crippen LogP contribution in [-0.4, -0.2) is 56.8 Å². The molecule has 2 aliphatic rings. The van der Waals surface area contributed by atoms with Gasteiger partial charge in [-0.3, -0.25) is 0 Å². The van der Waals surface area contributed by atoms with Gasteiger partial charge in [-0.2, -0.15) is 0 Å². The number of rotatable bonds is 6. The lowest BCUT2D eigenvalue weighted by molar-refractivity contribution is 0.453. The molecule has 6 nitrogen and oxygen atoms in total. The summed E-state index contributed by atoms with van der Waals surface area (Å²) in [5.41, 5.74) is 4.98. The van der Waals surface area contributed by atoms with Crippen LogP contribution >= 0.6 is 54.5 Å². The summed E-state index contributed by atoms with van der Waals surface area (Å²) in [6.07, 6.45) is 7.16. The molecule has 10 heteroatoms. The van der Waals surface area contributed by atoms with Crippen LogP contribution in [-0.2, 0) is 0 Å². The number of alkyl halides is 2. The number of aromatic nitrogens is 4. The van der Waals surface area contributed by atoms with Crippen molar-refractivity contribution in [2.24, 2.45) is 11.8 Å². The van der Waals surface area contributed by atoms with Crippen LogP contribution in [0.2, 0.25) is 0 Å². The zero-order chi connectivity index (χ0) is 30.6. The van der Waals surface area contributed by atoms with Gasteiger partial charge in [0.25, 0.3) is 0 Å². The van der Waals surface area contributed by atoms with E-state index in [9.17, 15) is 0 Å². The first-order valence-corrected chi connectivity index (χ1v) is 19.4. The van der Waals surface area contributed by atoms with E-state index in [0.717, 1.165) is 58.1 Å². The third kappa shape index (κ3) is 6.52. The van der Waals surface area contributed by atoms with Crippen molar-refractivity contribution in [2.75, 3.05) is 46.6 Å². The molecule has 0 aliphatic carbocycles. The molecule has 0 saturated carbocycles. The maximum Gasteiger partial charge on any atom is 0.141 e. The van der Waals surface area contributed by atoms with E-state index in [4.69, 9.17) is 0 Å². The van der Waals surface area contributed by atoms with Gasteiger partial charge in [0.05, 0.1) is 10.8 Å². The predicted molar refractivity (Wildman–Crippen MR) is 199 cm³/mol. The van der Waals surface area contributed by atoms with Crippen molar-refractivity contribution < 1.29 is 0 Å². The fraction of sp³-hybridized carbons (Fsp3) is 0.314. The first kappa shape index (κ1) is 30.7. The quantitative estimate of drug-likeness (QED) is 0.158. The topological polar surface area (TPSA) is 58.0 Å². The Balaban J connectivity index is 0.000000145.